The standard InChI is InChI=1S/C23H19FN4O3.C22H17F3N4O3/c24-17-5-3-4-15(12-17)16-13-25-21(26-14-16)27-22(30)28-10-8-23(9-11-28)19-7-2-1-6-18(19)20(29)31-23;23-22(24,25)13-11-17-16(26-12-13)5-6-18(27-17)28-20(31)29-9-7-21(8-10-29)15-4-2-1-3-14(15)19(30)32-21/h1-7,12-14H,8-11H2,(H,25,26,27,30);1-6,11-12H,7-10H2,(H,27,28,31). The van der Waals surface area contributed by atoms with Crippen LogP contribution in [-0.2, 0) is 26.9 Å². The number of carbonyl (C=O) groups excluding carboxylic acids is 4. The first-order valence-corrected chi connectivity index (χ1v) is 20.0. The summed E-state index contributed by atoms with van der Waals surface area (Å²) >= 11 is 0. The van der Waals surface area contributed by atoms with Gasteiger partial charge < -0.3 is 19.3 Å². The first-order valence-electron chi connectivity index (χ1n) is 20.0. The molecule has 10 rings (SSSR count). The number of benzene rings is 3. The van der Waals surface area contributed by atoms with E-state index in [1.807, 2.05) is 30.3 Å². The van der Waals surface area contributed by atoms with Gasteiger partial charge in [-0.15, -0.1) is 0 Å². The number of ether oxygens (including phenoxy) is 2. The Kier molecular flexibility index (Phi) is 10.4. The van der Waals surface area contributed by atoms with Crippen molar-refractivity contribution in [1.29, 1.82) is 0 Å². The van der Waals surface area contributed by atoms with Gasteiger partial charge >= 0.3 is 30.2 Å². The molecule has 0 atom stereocenters. The summed E-state index contributed by atoms with van der Waals surface area (Å²) in [5.41, 5.74) is 2.23. The number of hydrogen-bond acceptors (Lipinski definition) is 10. The Morgan fingerprint density at radius 1 is 0.619 bits per heavy atom. The van der Waals surface area contributed by atoms with Crippen LogP contribution >= 0.6 is 0 Å². The smallest absolute Gasteiger partial charge is 0.417 e. The number of aromatic nitrogens is 4. The first kappa shape index (κ1) is 40.9. The van der Waals surface area contributed by atoms with E-state index in [1.54, 1.807) is 40.1 Å². The van der Waals surface area contributed by atoms with Crippen molar-refractivity contribution in [2.75, 3.05) is 36.8 Å². The average molecular weight is 861 g/mol. The van der Waals surface area contributed by atoms with Crippen LogP contribution in [-0.4, -0.2) is 79.9 Å². The van der Waals surface area contributed by atoms with E-state index < -0.39 is 29.0 Å². The van der Waals surface area contributed by atoms with E-state index in [2.05, 4.69) is 30.6 Å². The second-order valence-electron chi connectivity index (χ2n) is 15.5. The number of piperidine rings is 2. The van der Waals surface area contributed by atoms with Gasteiger partial charge in [0.2, 0.25) is 5.95 Å². The molecule has 4 amide bonds. The molecule has 4 aliphatic rings. The summed E-state index contributed by atoms with van der Waals surface area (Å²) in [6, 6.07) is 23.9. The molecule has 4 aliphatic heterocycles. The number of halogens is 4. The Morgan fingerprint density at radius 3 is 1.73 bits per heavy atom. The fourth-order valence-corrected chi connectivity index (χ4v) is 8.38. The first-order chi connectivity index (χ1) is 30.3. The lowest BCUT2D eigenvalue weighted by Gasteiger charge is -2.38. The predicted octanol–water partition coefficient (Wildman–Crippen LogP) is 8.32. The molecule has 63 heavy (non-hydrogen) atoms. The molecule has 0 saturated carbocycles. The number of likely N-dealkylation sites (tertiary alicyclic amines) is 2. The quantitative estimate of drug-likeness (QED) is 0.130. The van der Waals surface area contributed by atoms with Crippen LogP contribution in [0.4, 0.5) is 38.9 Å². The second-order valence-corrected chi connectivity index (χ2v) is 15.5. The average Bonchev–Trinajstić information content (AvgIpc) is 3.72. The number of anilines is 2. The predicted molar refractivity (Wildman–Crippen MR) is 219 cm³/mol. The van der Waals surface area contributed by atoms with Crippen LogP contribution < -0.4 is 10.6 Å². The number of nitrogens with zero attached hydrogens (tertiary/aromatic N) is 6. The van der Waals surface area contributed by atoms with Gasteiger partial charge in [0.1, 0.15) is 22.8 Å². The molecule has 2 N–H and O–H groups in total. The monoisotopic (exact) mass is 860 g/mol. The number of rotatable bonds is 3. The third-order valence-corrected chi connectivity index (χ3v) is 11.7. The fourth-order valence-electron chi connectivity index (χ4n) is 8.38. The molecule has 2 fully saturated rings. The number of pyridine rings is 2. The van der Waals surface area contributed by atoms with Crippen molar-refractivity contribution in [2.24, 2.45) is 0 Å². The Morgan fingerprint density at radius 2 is 1.17 bits per heavy atom. The number of nitrogens with one attached hydrogen (secondary N) is 2. The van der Waals surface area contributed by atoms with E-state index in [0.29, 0.717) is 74.1 Å². The summed E-state index contributed by atoms with van der Waals surface area (Å²) in [5, 5.41) is 5.32. The fraction of sp³-hybridized carbons (Fsp3) is 0.244. The van der Waals surface area contributed by atoms with Crippen LogP contribution in [0.3, 0.4) is 0 Å². The molecule has 7 heterocycles. The highest BCUT2D eigenvalue weighted by Crippen LogP contribution is 2.45. The van der Waals surface area contributed by atoms with Crippen LogP contribution in [0.25, 0.3) is 22.2 Å². The van der Waals surface area contributed by atoms with E-state index in [-0.39, 0.29) is 46.6 Å². The Bertz CT molecular complexity index is 2770. The van der Waals surface area contributed by atoms with E-state index in [1.165, 1.54) is 36.7 Å². The van der Waals surface area contributed by atoms with Gasteiger partial charge in [-0.3, -0.25) is 15.6 Å². The zero-order valence-electron chi connectivity index (χ0n) is 33.2. The van der Waals surface area contributed by atoms with Crippen LogP contribution in [0.15, 0.2) is 110 Å². The Balaban J connectivity index is 0.000000160. The molecule has 320 valence electrons. The number of hydrogen-bond donors (Lipinski definition) is 2. The number of carbonyl (C=O) groups is 4. The SMILES string of the molecule is O=C1OC2(CCN(C(=O)Nc3ccc4ncc(C(F)(F)F)cc4n3)CC2)c2ccccc21.O=C1OC2(CCN(C(=O)Nc3ncc(-c4cccc(F)c4)cn3)CC2)c2ccccc21. The maximum atomic E-state index is 13.4. The van der Waals surface area contributed by atoms with E-state index in [9.17, 15) is 36.7 Å². The molecular weight excluding hydrogens is 825 g/mol. The molecule has 18 heteroatoms. The minimum absolute atomic E-state index is 0.0321. The minimum Gasteiger partial charge on any atom is -0.450 e. The molecule has 0 unspecified atom stereocenters. The molecule has 0 radical (unpaired) electrons. The Hall–Kier alpha value is -7.50. The molecule has 0 bridgehead atoms. The van der Waals surface area contributed by atoms with Gasteiger partial charge in [0, 0.05) is 87.1 Å². The van der Waals surface area contributed by atoms with Gasteiger partial charge in [0.05, 0.1) is 27.7 Å². The summed E-state index contributed by atoms with van der Waals surface area (Å²) in [6.45, 7) is 1.57. The number of amides is 4. The third kappa shape index (κ3) is 8.06. The van der Waals surface area contributed by atoms with Crippen molar-refractivity contribution in [3.8, 4) is 11.1 Å². The van der Waals surface area contributed by atoms with Crippen molar-refractivity contribution >= 4 is 46.8 Å². The molecule has 2 spiro atoms. The summed E-state index contributed by atoms with van der Waals surface area (Å²) in [4.78, 5) is 69.2. The normalized spacial score (nSPS) is 17.0. The second kappa shape index (κ2) is 16.1. The molecule has 3 aromatic carbocycles. The lowest BCUT2D eigenvalue weighted by molar-refractivity contribution is -0.137. The van der Waals surface area contributed by atoms with Crippen molar-refractivity contribution in [2.45, 2.75) is 43.1 Å². The Labute approximate surface area is 356 Å². The van der Waals surface area contributed by atoms with Crippen LogP contribution in [0, 0.1) is 5.82 Å². The summed E-state index contributed by atoms with van der Waals surface area (Å²) in [6.07, 6.45) is 1.26. The van der Waals surface area contributed by atoms with Gasteiger partial charge in [-0.2, -0.15) is 13.2 Å². The topological polar surface area (TPSA) is 169 Å². The van der Waals surface area contributed by atoms with Crippen molar-refractivity contribution < 1.29 is 46.2 Å². The number of esters is 2. The molecule has 6 aromatic rings. The van der Waals surface area contributed by atoms with Gasteiger partial charge in [-0.1, -0.05) is 48.5 Å². The van der Waals surface area contributed by atoms with Crippen molar-refractivity contribution in [1.82, 2.24) is 29.7 Å². The lowest BCUT2D eigenvalue weighted by Crippen LogP contribution is -2.47. The highest BCUT2D eigenvalue weighted by atomic mass is 19.4. The third-order valence-electron chi connectivity index (χ3n) is 11.7. The van der Waals surface area contributed by atoms with E-state index >= 15 is 0 Å². The zero-order chi connectivity index (χ0) is 43.9. The van der Waals surface area contributed by atoms with Gasteiger partial charge in [-0.05, 0) is 48.0 Å². The summed E-state index contributed by atoms with van der Waals surface area (Å²) in [7, 11) is 0. The molecule has 0 aliphatic carbocycles. The molecule has 14 nitrogen and oxygen atoms in total. The number of alkyl halides is 3. The van der Waals surface area contributed by atoms with Crippen LogP contribution in [0.2, 0.25) is 0 Å². The van der Waals surface area contributed by atoms with Crippen LogP contribution in [0.5, 0.6) is 0 Å². The highest BCUT2D eigenvalue weighted by Gasteiger charge is 2.49. The maximum absolute atomic E-state index is 13.4. The largest absolute Gasteiger partial charge is 0.450 e. The molecular formula is C45H36F4N8O6. The zero-order valence-corrected chi connectivity index (χ0v) is 33.2. The maximum Gasteiger partial charge on any atom is 0.417 e. The van der Waals surface area contributed by atoms with E-state index in [0.717, 1.165) is 23.4 Å². The van der Waals surface area contributed by atoms with Gasteiger partial charge in [0.25, 0.3) is 0 Å². The van der Waals surface area contributed by atoms with Crippen LogP contribution in [0.1, 0.15) is 63.1 Å². The van der Waals surface area contributed by atoms with Gasteiger partial charge in [-0.25, -0.2) is 38.5 Å². The summed E-state index contributed by atoms with van der Waals surface area (Å²) in [5.74, 6) is -0.705. The number of urea groups is 2. The lowest BCUT2D eigenvalue weighted by atomic mass is 9.84. The van der Waals surface area contributed by atoms with Crippen molar-refractivity contribution in [3.63, 3.8) is 0 Å². The minimum atomic E-state index is -4.53. The van der Waals surface area contributed by atoms with E-state index in [4.69, 9.17) is 9.47 Å². The number of fused-ring (bicyclic) bond motifs is 5. The molecule has 3 aromatic heterocycles. The van der Waals surface area contributed by atoms with Crippen molar-refractivity contribution in [3.05, 3.63) is 143 Å². The summed E-state index contributed by atoms with van der Waals surface area (Å²) < 4.78 is 63.6. The van der Waals surface area contributed by atoms with Gasteiger partial charge in [0.15, 0.2) is 0 Å². The molecule has 2 saturated heterocycles. The highest BCUT2D eigenvalue weighted by molar-refractivity contribution is 5.96.